The van der Waals surface area contributed by atoms with Gasteiger partial charge in [0, 0.05) is 18.8 Å². The molecule has 4 N–H and O–H groups in total. The van der Waals surface area contributed by atoms with E-state index in [4.69, 9.17) is 22.1 Å². The van der Waals surface area contributed by atoms with Crippen LogP contribution in [0.15, 0.2) is 42.6 Å². The van der Waals surface area contributed by atoms with Gasteiger partial charge < -0.3 is 20.5 Å². The molecule has 0 bridgehead atoms. The van der Waals surface area contributed by atoms with Gasteiger partial charge in [0.2, 0.25) is 0 Å². The summed E-state index contributed by atoms with van der Waals surface area (Å²) in [6.07, 6.45) is 0.198. The fraction of sp³-hybridized carbons (Fsp3) is 0.150. The van der Waals surface area contributed by atoms with Crippen LogP contribution in [0.25, 0.3) is 0 Å². The first-order valence-electron chi connectivity index (χ1n) is 9.08. The lowest BCUT2D eigenvalue weighted by molar-refractivity contribution is 0.101. The summed E-state index contributed by atoms with van der Waals surface area (Å²) in [5, 5.41) is 20.2. The van der Waals surface area contributed by atoms with E-state index in [-0.39, 0.29) is 11.0 Å². The largest absolute Gasteiger partial charge is 0.465 e. The van der Waals surface area contributed by atoms with Crippen molar-refractivity contribution in [3.8, 4) is 11.5 Å². The Bertz CT molecular complexity index is 1140. The van der Waals surface area contributed by atoms with Crippen molar-refractivity contribution in [3.05, 3.63) is 59.5 Å². The number of carbonyl (C=O) groups is 2. The summed E-state index contributed by atoms with van der Waals surface area (Å²) in [5.74, 6) is 1.05. The van der Waals surface area contributed by atoms with Crippen LogP contribution in [-0.2, 0) is 7.05 Å². The Hall–Kier alpha value is -3.99. The molecule has 0 unspecified atom stereocenters. The maximum absolute atomic E-state index is 12.5. The second-order valence-electron chi connectivity index (χ2n) is 6.65. The van der Waals surface area contributed by atoms with Crippen LogP contribution in [0.3, 0.4) is 0 Å². The Morgan fingerprint density at radius 2 is 1.87 bits per heavy atom. The molecule has 2 amide bonds. The van der Waals surface area contributed by atoms with E-state index in [0.29, 0.717) is 28.7 Å². The molecule has 1 aromatic carbocycles. The molecule has 0 radical (unpaired) electrons. The van der Waals surface area contributed by atoms with Gasteiger partial charge in [0.25, 0.3) is 5.91 Å². The molecule has 0 spiro atoms. The zero-order valence-electron chi connectivity index (χ0n) is 17.0. The minimum absolute atomic E-state index is 0.0867. The van der Waals surface area contributed by atoms with E-state index in [2.05, 4.69) is 20.7 Å². The quantitative estimate of drug-likeness (QED) is 0.444. The van der Waals surface area contributed by atoms with Crippen LogP contribution in [0, 0.1) is 13.8 Å². The fourth-order valence-electron chi connectivity index (χ4n) is 2.79. The van der Waals surface area contributed by atoms with Crippen LogP contribution in [0.5, 0.6) is 11.5 Å². The molecule has 3 aromatic rings. The highest BCUT2D eigenvalue weighted by Gasteiger charge is 2.13. The summed E-state index contributed by atoms with van der Waals surface area (Å²) < 4.78 is 7.36. The van der Waals surface area contributed by atoms with Crippen molar-refractivity contribution in [2.45, 2.75) is 13.8 Å². The molecule has 2 aromatic heterocycles. The first-order chi connectivity index (χ1) is 14.7. The first-order valence-corrected chi connectivity index (χ1v) is 9.49. The van der Waals surface area contributed by atoms with Gasteiger partial charge in [-0.3, -0.25) is 14.8 Å². The number of thiocarbonyl (C=S) groups is 1. The Labute approximate surface area is 183 Å². The SMILES string of the molecule is Cc1cc(NC(=O)c2cc(C)nn2C)cc(Oc2ccc(NC(=S)NC(=O)O)nc2)c1. The van der Waals surface area contributed by atoms with E-state index in [1.54, 1.807) is 31.3 Å². The minimum atomic E-state index is -1.27. The number of anilines is 2. The van der Waals surface area contributed by atoms with Crippen LogP contribution in [0.2, 0.25) is 0 Å². The molecule has 0 fully saturated rings. The van der Waals surface area contributed by atoms with Crippen LogP contribution in [-0.4, -0.2) is 37.0 Å². The number of ether oxygens (including phenoxy) is 1. The Kier molecular flexibility index (Phi) is 6.46. The third kappa shape index (κ3) is 6.00. The normalized spacial score (nSPS) is 10.3. The zero-order chi connectivity index (χ0) is 22.5. The van der Waals surface area contributed by atoms with E-state index in [9.17, 15) is 9.59 Å². The summed E-state index contributed by atoms with van der Waals surface area (Å²) in [6, 6.07) is 10.3. The molecule has 3 rings (SSSR count). The highest BCUT2D eigenvalue weighted by molar-refractivity contribution is 7.80. The van der Waals surface area contributed by atoms with Gasteiger partial charge >= 0.3 is 6.09 Å². The number of aromatic nitrogens is 3. The maximum Gasteiger partial charge on any atom is 0.410 e. The van der Waals surface area contributed by atoms with Gasteiger partial charge in [0.15, 0.2) is 5.11 Å². The smallest absolute Gasteiger partial charge is 0.410 e. The average molecular weight is 440 g/mol. The van der Waals surface area contributed by atoms with Crippen molar-refractivity contribution in [2.24, 2.45) is 7.05 Å². The number of rotatable bonds is 5. The number of amides is 2. The predicted octanol–water partition coefficient (Wildman–Crippen LogP) is 3.44. The lowest BCUT2D eigenvalue weighted by Gasteiger charge is -2.11. The van der Waals surface area contributed by atoms with Crippen molar-refractivity contribution in [2.75, 3.05) is 10.6 Å². The van der Waals surface area contributed by atoms with Crippen LogP contribution >= 0.6 is 12.2 Å². The van der Waals surface area contributed by atoms with E-state index < -0.39 is 6.09 Å². The number of carboxylic acid groups (broad SMARTS) is 1. The van der Waals surface area contributed by atoms with E-state index in [1.807, 2.05) is 31.3 Å². The summed E-state index contributed by atoms with van der Waals surface area (Å²) in [6.45, 7) is 3.71. The number of carbonyl (C=O) groups excluding carboxylic acids is 1. The average Bonchev–Trinajstić information content (AvgIpc) is 3.00. The minimum Gasteiger partial charge on any atom is -0.465 e. The van der Waals surface area contributed by atoms with Crippen molar-refractivity contribution in [3.63, 3.8) is 0 Å². The molecular weight excluding hydrogens is 420 g/mol. The highest BCUT2D eigenvalue weighted by Crippen LogP contribution is 2.26. The van der Waals surface area contributed by atoms with E-state index >= 15 is 0 Å². The van der Waals surface area contributed by atoms with Crippen molar-refractivity contribution >= 4 is 40.8 Å². The maximum atomic E-state index is 12.5. The summed E-state index contributed by atoms with van der Waals surface area (Å²) in [7, 11) is 1.71. The van der Waals surface area contributed by atoms with Gasteiger partial charge in [-0.25, -0.2) is 9.78 Å². The zero-order valence-corrected chi connectivity index (χ0v) is 17.8. The standard InChI is InChI=1S/C20H20N6O4S/c1-11-6-13(22-18(27)16-8-12(2)25-26(16)3)9-15(7-11)30-14-4-5-17(21-10-14)23-19(31)24-20(28)29/h4-10H,1-3H3,(H,22,27)(H,28,29)(H2,21,23,24,31). The van der Waals surface area contributed by atoms with Gasteiger partial charge in [-0.2, -0.15) is 5.10 Å². The molecule has 2 heterocycles. The lowest BCUT2D eigenvalue weighted by Crippen LogP contribution is -2.32. The number of nitrogens with one attached hydrogen (secondary N) is 3. The molecule has 0 aliphatic carbocycles. The summed E-state index contributed by atoms with van der Waals surface area (Å²) in [5.41, 5.74) is 2.68. The van der Waals surface area contributed by atoms with Gasteiger partial charge in [0.1, 0.15) is 23.0 Å². The molecule has 31 heavy (non-hydrogen) atoms. The van der Waals surface area contributed by atoms with Gasteiger partial charge in [-0.1, -0.05) is 0 Å². The van der Waals surface area contributed by atoms with Crippen LogP contribution < -0.4 is 20.7 Å². The van der Waals surface area contributed by atoms with Crippen molar-refractivity contribution < 1.29 is 19.4 Å². The molecule has 11 heteroatoms. The first kappa shape index (κ1) is 21.7. The number of hydrogen-bond donors (Lipinski definition) is 4. The fourth-order valence-corrected chi connectivity index (χ4v) is 2.98. The number of aryl methyl sites for hydroxylation is 3. The number of pyridine rings is 1. The molecule has 0 aliphatic heterocycles. The van der Waals surface area contributed by atoms with Gasteiger partial charge in [-0.15, -0.1) is 0 Å². The van der Waals surface area contributed by atoms with Crippen LogP contribution in [0.4, 0.5) is 16.3 Å². The third-order valence-corrected chi connectivity index (χ3v) is 4.18. The molecule has 0 saturated carbocycles. The molecule has 0 atom stereocenters. The molecule has 0 saturated heterocycles. The van der Waals surface area contributed by atoms with Crippen molar-refractivity contribution in [1.29, 1.82) is 0 Å². The van der Waals surface area contributed by atoms with Crippen molar-refractivity contribution in [1.82, 2.24) is 20.1 Å². The Balaban J connectivity index is 1.69. The topological polar surface area (TPSA) is 130 Å². The Morgan fingerprint density at radius 1 is 1.10 bits per heavy atom. The lowest BCUT2D eigenvalue weighted by atomic mass is 10.2. The molecule has 0 aliphatic rings. The van der Waals surface area contributed by atoms with Crippen LogP contribution in [0.1, 0.15) is 21.7 Å². The van der Waals surface area contributed by atoms with E-state index in [0.717, 1.165) is 11.3 Å². The molecule has 10 nitrogen and oxygen atoms in total. The molecule has 160 valence electrons. The highest BCUT2D eigenvalue weighted by atomic mass is 32.1. The summed E-state index contributed by atoms with van der Waals surface area (Å²) >= 11 is 4.84. The predicted molar refractivity (Wildman–Crippen MR) is 119 cm³/mol. The monoisotopic (exact) mass is 440 g/mol. The second kappa shape index (κ2) is 9.22. The number of nitrogens with zero attached hydrogens (tertiary/aromatic N) is 3. The molecular formula is C20H20N6O4S. The van der Waals surface area contributed by atoms with Gasteiger partial charge in [0.05, 0.1) is 11.9 Å². The van der Waals surface area contributed by atoms with E-state index in [1.165, 1.54) is 10.9 Å². The Morgan fingerprint density at radius 3 is 2.48 bits per heavy atom. The van der Waals surface area contributed by atoms with Gasteiger partial charge in [-0.05, 0) is 62.0 Å². The third-order valence-electron chi connectivity index (χ3n) is 3.98. The number of benzene rings is 1. The second-order valence-corrected chi connectivity index (χ2v) is 7.06. The number of hydrogen-bond acceptors (Lipinski definition) is 6. The summed E-state index contributed by atoms with van der Waals surface area (Å²) in [4.78, 5) is 27.2.